The van der Waals surface area contributed by atoms with Gasteiger partial charge in [-0.1, -0.05) is 66.2 Å². The minimum absolute atomic E-state index is 0.584. The Bertz CT molecular complexity index is 828. The zero-order valence-corrected chi connectivity index (χ0v) is 12.8. The lowest BCUT2D eigenvalue weighted by atomic mass is 10.0. The number of fused-ring (bicyclic) bond motifs is 3. The van der Waals surface area contributed by atoms with Gasteiger partial charge in [0.15, 0.2) is 5.82 Å². The van der Waals surface area contributed by atoms with Gasteiger partial charge in [-0.25, -0.2) is 9.97 Å². The molecule has 3 heteroatoms. The summed E-state index contributed by atoms with van der Waals surface area (Å²) in [7, 11) is 0. The summed E-state index contributed by atoms with van der Waals surface area (Å²) in [5, 5.41) is 0.584. The zero-order chi connectivity index (χ0) is 14.9. The van der Waals surface area contributed by atoms with Gasteiger partial charge in [-0.15, -0.1) is 0 Å². The molecule has 1 aromatic heterocycles. The zero-order valence-electron chi connectivity index (χ0n) is 12.1. The predicted molar refractivity (Wildman–Crippen MR) is 89.9 cm³/mol. The van der Waals surface area contributed by atoms with Crippen LogP contribution in [-0.2, 0) is 12.8 Å². The van der Waals surface area contributed by atoms with Crippen LogP contribution >= 0.6 is 11.6 Å². The summed E-state index contributed by atoms with van der Waals surface area (Å²) < 4.78 is 0. The van der Waals surface area contributed by atoms with Crippen LogP contribution in [0, 0.1) is 0 Å². The summed E-state index contributed by atoms with van der Waals surface area (Å²) >= 11 is 6.49. The Morgan fingerprint density at radius 1 is 0.818 bits per heavy atom. The lowest BCUT2D eigenvalue weighted by Gasteiger charge is -2.11. The number of aromatic nitrogens is 2. The summed E-state index contributed by atoms with van der Waals surface area (Å²) in [4.78, 5) is 9.38. The number of rotatable bonds is 1. The van der Waals surface area contributed by atoms with Crippen molar-refractivity contribution in [3.8, 4) is 22.6 Å². The molecule has 0 fully saturated rings. The number of nitrogens with zero attached hydrogens (tertiary/aromatic N) is 2. The highest BCUT2D eigenvalue weighted by molar-refractivity contribution is 6.30. The fourth-order valence-corrected chi connectivity index (χ4v) is 3.31. The van der Waals surface area contributed by atoms with E-state index in [4.69, 9.17) is 16.6 Å². The molecule has 0 unspecified atom stereocenters. The van der Waals surface area contributed by atoms with Gasteiger partial charge in [-0.3, -0.25) is 0 Å². The van der Waals surface area contributed by atoms with Crippen molar-refractivity contribution in [2.24, 2.45) is 0 Å². The van der Waals surface area contributed by atoms with Crippen LogP contribution in [0.15, 0.2) is 54.6 Å². The molecule has 3 aromatic rings. The van der Waals surface area contributed by atoms with Gasteiger partial charge in [0.05, 0.1) is 5.69 Å². The maximum absolute atomic E-state index is 6.49. The molecule has 0 saturated carbocycles. The van der Waals surface area contributed by atoms with Crippen LogP contribution in [0.2, 0.25) is 5.15 Å². The second-order valence-corrected chi connectivity index (χ2v) is 5.90. The van der Waals surface area contributed by atoms with Crippen LogP contribution in [0.1, 0.15) is 17.5 Å². The Kier molecular flexibility index (Phi) is 3.39. The van der Waals surface area contributed by atoms with Crippen molar-refractivity contribution in [3.05, 3.63) is 70.9 Å². The molecular formula is C19H15ClN2. The lowest BCUT2D eigenvalue weighted by molar-refractivity contribution is 0.829. The smallest absolute Gasteiger partial charge is 0.161 e. The van der Waals surface area contributed by atoms with Crippen molar-refractivity contribution in [2.75, 3.05) is 0 Å². The third kappa shape index (κ3) is 2.30. The summed E-state index contributed by atoms with van der Waals surface area (Å²) in [6.07, 6.45) is 3.07. The van der Waals surface area contributed by atoms with E-state index in [9.17, 15) is 0 Å². The van der Waals surface area contributed by atoms with E-state index >= 15 is 0 Å². The van der Waals surface area contributed by atoms with Crippen LogP contribution in [0.3, 0.4) is 0 Å². The van der Waals surface area contributed by atoms with Crippen LogP contribution in [-0.4, -0.2) is 9.97 Å². The van der Waals surface area contributed by atoms with E-state index < -0.39 is 0 Å². The molecule has 2 nitrogen and oxygen atoms in total. The first-order valence-corrected chi connectivity index (χ1v) is 7.91. The molecule has 1 aliphatic carbocycles. The molecule has 1 heterocycles. The van der Waals surface area contributed by atoms with E-state index in [0.29, 0.717) is 11.0 Å². The first-order valence-electron chi connectivity index (χ1n) is 7.53. The molecule has 0 N–H and O–H groups in total. The molecule has 0 atom stereocenters. The van der Waals surface area contributed by atoms with E-state index in [1.54, 1.807) is 0 Å². The van der Waals surface area contributed by atoms with Crippen molar-refractivity contribution in [1.82, 2.24) is 9.97 Å². The van der Waals surface area contributed by atoms with Gasteiger partial charge in [-0.05, 0) is 24.8 Å². The molecule has 0 radical (unpaired) electrons. The van der Waals surface area contributed by atoms with Crippen LogP contribution in [0.25, 0.3) is 22.6 Å². The fraction of sp³-hybridized carbons (Fsp3) is 0.158. The Morgan fingerprint density at radius 3 is 2.45 bits per heavy atom. The maximum atomic E-state index is 6.49. The quantitative estimate of drug-likeness (QED) is 0.594. The summed E-state index contributed by atoms with van der Waals surface area (Å²) in [6.45, 7) is 0. The van der Waals surface area contributed by atoms with Gasteiger partial charge in [0.1, 0.15) is 5.15 Å². The highest BCUT2D eigenvalue weighted by Gasteiger charge is 2.20. The van der Waals surface area contributed by atoms with Crippen molar-refractivity contribution in [3.63, 3.8) is 0 Å². The van der Waals surface area contributed by atoms with Crippen molar-refractivity contribution >= 4 is 11.6 Å². The molecule has 0 aliphatic heterocycles. The summed E-state index contributed by atoms with van der Waals surface area (Å²) in [5.74, 6) is 0.695. The van der Waals surface area contributed by atoms with Gasteiger partial charge in [-0.2, -0.15) is 0 Å². The molecule has 0 amide bonds. The van der Waals surface area contributed by atoms with E-state index in [0.717, 1.165) is 36.1 Å². The number of hydrogen-bond donors (Lipinski definition) is 0. The maximum Gasteiger partial charge on any atom is 0.161 e. The second kappa shape index (κ2) is 5.54. The minimum Gasteiger partial charge on any atom is -0.228 e. The summed E-state index contributed by atoms with van der Waals surface area (Å²) in [6, 6.07) is 18.5. The monoisotopic (exact) mass is 306 g/mol. The second-order valence-electron chi connectivity index (χ2n) is 5.54. The highest BCUT2D eigenvalue weighted by Crippen LogP contribution is 2.35. The number of halogens is 1. The standard InChI is InChI=1S/C19H15ClN2/c20-18-16-12-6-10-13-7-4-5-11-15(13)17(16)21-19(22-18)14-8-2-1-3-9-14/h1-5,7-9,11H,6,10,12H2. The molecule has 22 heavy (non-hydrogen) atoms. The van der Waals surface area contributed by atoms with Gasteiger partial charge < -0.3 is 0 Å². The first-order chi connectivity index (χ1) is 10.8. The number of hydrogen-bond acceptors (Lipinski definition) is 2. The SMILES string of the molecule is Clc1nc(-c2ccccc2)nc2c1CCCc1ccccc1-2. The van der Waals surface area contributed by atoms with E-state index in [1.165, 1.54) is 11.1 Å². The van der Waals surface area contributed by atoms with Gasteiger partial charge in [0.25, 0.3) is 0 Å². The number of aryl methyl sites for hydroxylation is 1. The van der Waals surface area contributed by atoms with Crippen LogP contribution < -0.4 is 0 Å². The van der Waals surface area contributed by atoms with Gasteiger partial charge >= 0.3 is 0 Å². The number of benzene rings is 2. The van der Waals surface area contributed by atoms with Gasteiger partial charge in [0, 0.05) is 16.7 Å². The van der Waals surface area contributed by atoms with Crippen LogP contribution in [0.4, 0.5) is 0 Å². The Labute approximate surface area is 134 Å². The molecule has 1 aliphatic rings. The molecule has 2 aromatic carbocycles. The average Bonchev–Trinajstić information content (AvgIpc) is 2.76. The highest BCUT2D eigenvalue weighted by atomic mass is 35.5. The Morgan fingerprint density at radius 2 is 1.59 bits per heavy atom. The Hall–Kier alpha value is -2.19. The predicted octanol–water partition coefficient (Wildman–Crippen LogP) is 4.95. The molecule has 0 saturated heterocycles. The third-order valence-electron chi connectivity index (χ3n) is 4.13. The fourth-order valence-electron chi connectivity index (χ4n) is 3.04. The van der Waals surface area contributed by atoms with Crippen molar-refractivity contribution in [1.29, 1.82) is 0 Å². The normalized spacial score (nSPS) is 13.1. The molecule has 108 valence electrons. The minimum atomic E-state index is 0.584. The van der Waals surface area contributed by atoms with Crippen molar-refractivity contribution < 1.29 is 0 Å². The molecule has 0 spiro atoms. The topological polar surface area (TPSA) is 25.8 Å². The molecular weight excluding hydrogens is 292 g/mol. The Balaban J connectivity index is 1.96. The van der Waals surface area contributed by atoms with E-state index in [1.807, 2.05) is 30.3 Å². The first kappa shape index (κ1) is 13.5. The summed E-state index contributed by atoms with van der Waals surface area (Å²) in [5.41, 5.74) is 5.60. The van der Waals surface area contributed by atoms with E-state index in [2.05, 4.69) is 29.2 Å². The van der Waals surface area contributed by atoms with Crippen molar-refractivity contribution in [2.45, 2.75) is 19.3 Å². The average molecular weight is 307 g/mol. The van der Waals surface area contributed by atoms with Crippen LogP contribution in [0.5, 0.6) is 0 Å². The largest absolute Gasteiger partial charge is 0.228 e. The molecule has 4 rings (SSSR count). The van der Waals surface area contributed by atoms with E-state index in [-0.39, 0.29) is 0 Å². The lowest BCUT2D eigenvalue weighted by Crippen LogP contribution is -1.99. The third-order valence-corrected chi connectivity index (χ3v) is 4.45. The molecule has 0 bridgehead atoms. The van der Waals surface area contributed by atoms with Gasteiger partial charge in [0.2, 0.25) is 0 Å².